The molecule has 23 heavy (non-hydrogen) atoms. The van der Waals surface area contributed by atoms with E-state index in [2.05, 4.69) is 29.0 Å². The largest absolute Gasteiger partial charge is 0.342 e. The highest BCUT2D eigenvalue weighted by Crippen LogP contribution is 2.31. The van der Waals surface area contributed by atoms with E-state index in [0.717, 1.165) is 29.0 Å². The normalized spacial score (nSPS) is 18.0. The van der Waals surface area contributed by atoms with Crippen LogP contribution in [0.3, 0.4) is 0 Å². The first-order valence-electron chi connectivity index (χ1n) is 8.08. The van der Waals surface area contributed by atoms with Crippen LogP contribution in [-0.2, 0) is 11.2 Å². The number of hydrogen-bond donors (Lipinski definition) is 1. The minimum absolute atomic E-state index is 0.126. The molecule has 1 aromatic heterocycles. The number of aromatic amines is 1. The van der Waals surface area contributed by atoms with E-state index in [9.17, 15) is 4.79 Å². The molecule has 0 aliphatic carbocycles. The molecule has 1 N–H and O–H groups in total. The number of para-hydroxylation sites is 2. The Kier molecular flexibility index (Phi) is 3.37. The zero-order valence-electron chi connectivity index (χ0n) is 13.1. The second-order valence-corrected chi connectivity index (χ2v) is 6.06. The second-order valence-electron chi connectivity index (χ2n) is 6.06. The fourth-order valence-electron chi connectivity index (χ4n) is 3.22. The van der Waals surface area contributed by atoms with Crippen molar-refractivity contribution in [1.82, 2.24) is 9.97 Å². The summed E-state index contributed by atoms with van der Waals surface area (Å²) in [7, 11) is 0. The first kappa shape index (κ1) is 14.0. The Balaban J connectivity index is 1.59. The lowest BCUT2D eigenvalue weighted by Crippen LogP contribution is -2.24. The van der Waals surface area contributed by atoms with E-state index in [1.807, 2.05) is 41.3 Å². The molecule has 3 aromatic rings. The van der Waals surface area contributed by atoms with Crippen molar-refractivity contribution in [3.8, 4) is 0 Å². The molecular weight excluding hydrogens is 286 g/mol. The maximum atomic E-state index is 12.4. The molecule has 4 rings (SSSR count). The van der Waals surface area contributed by atoms with Gasteiger partial charge in [0.05, 0.1) is 11.0 Å². The van der Waals surface area contributed by atoms with Crippen molar-refractivity contribution in [1.29, 1.82) is 0 Å². The van der Waals surface area contributed by atoms with Gasteiger partial charge in [0.1, 0.15) is 5.82 Å². The summed E-state index contributed by atoms with van der Waals surface area (Å²) in [5.74, 6) is 1.20. The van der Waals surface area contributed by atoms with E-state index < -0.39 is 0 Å². The molecule has 116 valence electrons. The SMILES string of the molecule is CCc1ccc(N2CC(c3nc4ccccc4[nH]3)CC2=O)cc1. The van der Waals surface area contributed by atoms with Gasteiger partial charge in [0.25, 0.3) is 0 Å². The van der Waals surface area contributed by atoms with E-state index in [0.29, 0.717) is 13.0 Å². The Morgan fingerprint density at radius 3 is 2.70 bits per heavy atom. The third-order valence-corrected chi connectivity index (χ3v) is 4.58. The van der Waals surface area contributed by atoms with Crippen LogP contribution in [0, 0.1) is 0 Å². The number of hydrogen-bond acceptors (Lipinski definition) is 2. The number of nitrogens with zero attached hydrogens (tertiary/aromatic N) is 2. The van der Waals surface area contributed by atoms with Gasteiger partial charge in [0.15, 0.2) is 0 Å². The van der Waals surface area contributed by atoms with E-state index in [1.54, 1.807) is 0 Å². The van der Waals surface area contributed by atoms with E-state index in [1.165, 1.54) is 5.56 Å². The number of amides is 1. The number of anilines is 1. The third kappa shape index (κ3) is 2.50. The van der Waals surface area contributed by atoms with Crippen molar-refractivity contribution in [3.05, 3.63) is 59.9 Å². The van der Waals surface area contributed by atoms with Crippen molar-refractivity contribution < 1.29 is 4.79 Å². The van der Waals surface area contributed by atoms with Crippen molar-refractivity contribution >= 4 is 22.6 Å². The Bertz CT molecular complexity index is 817. The standard InChI is InChI=1S/C19H19N3O/c1-2-13-7-9-15(10-8-13)22-12-14(11-18(22)23)19-20-16-5-3-4-6-17(16)21-19/h3-10,14H,2,11-12H2,1H3,(H,20,21). The number of imidazole rings is 1. The maximum Gasteiger partial charge on any atom is 0.227 e. The van der Waals surface area contributed by atoms with Gasteiger partial charge in [0.2, 0.25) is 5.91 Å². The maximum absolute atomic E-state index is 12.4. The number of aryl methyl sites for hydroxylation is 1. The summed E-state index contributed by atoms with van der Waals surface area (Å²) in [5.41, 5.74) is 4.25. The van der Waals surface area contributed by atoms with Crippen molar-refractivity contribution in [2.75, 3.05) is 11.4 Å². The Labute approximate surface area is 135 Å². The quantitative estimate of drug-likeness (QED) is 0.803. The summed E-state index contributed by atoms with van der Waals surface area (Å²) < 4.78 is 0. The predicted molar refractivity (Wildman–Crippen MR) is 91.6 cm³/mol. The lowest BCUT2D eigenvalue weighted by atomic mass is 10.1. The molecule has 1 saturated heterocycles. The molecule has 4 nitrogen and oxygen atoms in total. The highest BCUT2D eigenvalue weighted by Gasteiger charge is 2.33. The molecule has 0 radical (unpaired) electrons. The van der Waals surface area contributed by atoms with Gasteiger partial charge in [-0.15, -0.1) is 0 Å². The molecular formula is C19H19N3O. The zero-order chi connectivity index (χ0) is 15.8. The van der Waals surface area contributed by atoms with Crippen molar-refractivity contribution in [2.24, 2.45) is 0 Å². The van der Waals surface area contributed by atoms with Crippen molar-refractivity contribution in [2.45, 2.75) is 25.7 Å². The molecule has 1 aliphatic heterocycles. The fourth-order valence-corrected chi connectivity index (χ4v) is 3.22. The van der Waals surface area contributed by atoms with Gasteiger partial charge in [-0.05, 0) is 36.2 Å². The number of aromatic nitrogens is 2. The number of nitrogens with one attached hydrogen (secondary N) is 1. The molecule has 0 saturated carbocycles. The first-order valence-corrected chi connectivity index (χ1v) is 8.08. The van der Waals surface area contributed by atoms with Gasteiger partial charge < -0.3 is 9.88 Å². The van der Waals surface area contributed by atoms with Crippen LogP contribution >= 0.6 is 0 Å². The van der Waals surface area contributed by atoms with E-state index >= 15 is 0 Å². The number of carbonyl (C=O) groups is 1. The van der Waals surface area contributed by atoms with Crippen LogP contribution in [0.15, 0.2) is 48.5 Å². The summed E-state index contributed by atoms with van der Waals surface area (Å²) in [5, 5.41) is 0. The Morgan fingerprint density at radius 1 is 1.17 bits per heavy atom. The van der Waals surface area contributed by atoms with Gasteiger partial charge in [0, 0.05) is 24.6 Å². The Morgan fingerprint density at radius 2 is 1.96 bits per heavy atom. The molecule has 2 aromatic carbocycles. The molecule has 1 fully saturated rings. The van der Waals surface area contributed by atoms with Crippen LogP contribution in [0.4, 0.5) is 5.69 Å². The van der Waals surface area contributed by atoms with Gasteiger partial charge >= 0.3 is 0 Å². The van der Waals surface area contributed by atoms with Crippen LogP contribution < -0.4 is 4.90 Å². The highest BCUT2D eigenvalue weighted by atomic mass is 16.2. The highest BCUT2D eigenvalue weighted by molar-refractivity contribution is 5.96. The topological polar surface area (TPSA) is 49.0 Å². The predicted octanol–water partition coefficient (Wildman–Crippen LogP) is 3.65. The monoisotopic (exact) mass is 305 g/mol. The molecule has 1 amide bonds. The lowest BCUT2D eigenvalue weighted by molar-refractivity contribution is -0.117. The summed E-state index contributed by atoms with van der Waals surface area (Å²) in [4.78, 5) is 22.3. The van der Waals surface area contributed by atoms with Crippen molar-refractivity contribution in [3.63, 3.8) is 0 Å². The van der Waals surface area contributed by atoms with Crippen LogP contribution in [-0.4, -0.2) is 22.4 Å². The third-order valence-electron chi connectivity index (χ3n) is 4.58. The molecule has 1 unspecified atom stereocenters. The lowest BCUT2D eigenvalue weighted by Gasteiger charge is -2.16. The van der Waals surface area contributed by atoms with Crippen LogP contribution in [0.25, 0.3) is 11.0 Å². The van der Waals surface area contributed by atoms with E-state index in [4.69, 9.17) is 0 Å². The van der Waals surface area contributed by atoms with Gasteiger partial charge in [-0.3, -0.25) is 4.79 Å². The average molecular weight is 305 g/mol. The molecule has 2 heterocycles. The first-order chi connectivity index (χ1) is 11.2. The smallest absolute Gasteiger partial charge is 0.227 e. The molecule has 1 atom stereocenters. The second kappa shape index (κ2) is 5.54. The fraction of sp³-hybridized carbons (Fsp3) is 0.263. The van der Waals surface area contributed by atoms with Gasteiger partial charge in [-0.2, -0.15) is 0 Å². The average Bonchev–Trinajstić information content (AvgIpc) is 3.18. The number of carbonyl (C=O) groups excluding carboxylic acids is 1. The molecule has 0 spiro atoms. The van der Waals surface area contributed by atoms with Crippen LogP contribution in [0.1, 0.15) is 30.7 Å². The van der Waals surface area contributed by atoms with Gasteiger partial charge in [-0.25, -0.2) is 4.98 Å². The number of rotatable bonds is 3. The van der Waals surface area contributed by atoms with Crippen LogP contribution in [0.2, 0.25) is 0 Å². The summed E-state index contributed by atoms with van der Waals surface area (Å²) in [6, 6.07) is 16.3. The summed E-state index contributed by atoms with van der Waals surface area (Å²) >= 11 is 0. The van der Waals surface area contributed by atoms with E-state index in [-0.39, 0.29) is 11.8 Å². The molecule has 0 bridgehead atoms. The van der Waals surface area contributed by atoms with Gasteiger partial charge in [-0.1, -0.05) is 31.2 Å². The van der Waals surface area contributed by atoms with Crippen LogP contribution in [0.5, 0.6) is 0 Å². The zero-order valence-corrected chi connectivity index (χ0v) is 13.1. The minimum atomic E-state index is 0.126. The Hall–Kier alpha value is -2.62. The summed E-state index contributed by atoms with van der Waals surface area (Å²) in [6.45, 7) is 2.82. The minimum Gasteiger partial charge on any atom is -0.342 e. The number of fused-ring (bicyclic) bond motifs is 1. The number of H-pyrrole nitrogens is 1. The molecule has 1 aliphatic rings. The molecule has 4 heteroatoms. The summed E-state index contributed by atoms with van der Waals surface area (Å²) in [6.07, 6.45) is 1.52. The number of benzene rings is 2.